The number of likely N-dealkylation sites (N-methyl/N-ethyl adjacent to an activating group) is 1. The summed E-state index contributed by atoms with van der Waals surface area (Å²) in [4.78, 5) is 2.47. The Morgan fingerprint density at radius 3 is 2.78 bits per heavy atom. The van der Waals surface area contributed by atoms with Crippen molar-refractivity contribution >= 4 is 0 Å². The second-order valence-corrected chi connectivity index (χ2v) is 12.2. The molecule has 5 nitrogen and oxygen atoms in total. The van der Waals surface area contributed by atoms with Crippen molar-refractivity contribution < 1.29 is 24.1 Å². The molecule has 2 heterocycles. The Bertz CT molecular complexity index is 1260. The summed E-state index contributed by atoms with van der Waals surface area (Å²) in [6.45, 7) is 2.18. The molecule has 4 aliphatic carbocycles. The van der Waals surface area contributed by atoms with Gasteiger partial charge in [0, 0.05) is 22.9 Å². The number of phenols is 1. The maximum atomic E-state index is 13.7. The zero-order valence-electron chi connectivity index (χ0n) is 21.6. The van der Waals surface area contributed by atoms with E-state index < -0.39 is 24.0 Å². The second-order valence-electron chi connectivity index (χ2n) is 12.2. The standard InChI is InChI=1S/C31H36FNO4/c1-28(35,11-10-20-6-4-3-5-7-20)23-19-29-12-13-31(23,36-17-15-32)27-30(29)14-16-33(2)24(29)18-21-8-9-22(34)26(37-27)25(21)30/h3-9,12-13,23-24,27,34-35H,10-11,14-19H2,1-2H3/t23-,24-,27-,28+,29-,30+,31+/m1/s1/i32-1. The highest BCUT2D eigenvalue weighted by atomic mass is 18.2. The van der Waals surface area contributed by atoms with Crippen molar-refractivity contribution in [3.63, 3.8) is 0 Å². The second kappa shape index (κ2) is 7.81. The van der Waals surface area contributed by atoms with Gasteiger partial charge in [-0.2, -0.15) is 0 Å². The number of nitrogens with zero attached hydrogens (tertiary/aromatic N) is 1. The van der Waals surface area contributed by atoms with E-state index in [0.29, 0.717) is 12.2 Å². The predicted molar refractivity (Wildman–Crippen MR) is 139 cm³/mol. The summed E-state index contributed by atoms with van der Waals surface area (Å²) in [5, 5.41) is 23.1. The summed E-state index contributed by atoms with van der Waals surface area (Å²) in [7, 11) is 2.20. The quantitative estimate of drug-likeness (QED) is 0.550. The van der Waals surface area contributed by atoms with Crippen LogP contribution in [0.4, 0.5) is 4.39 Å². The van der Waals surface area contributed by atoms with Gasteiger partial charge in [0.25, 0.3) is 0 Å². The van der Waals surface area contributed by atoms with Crippen molar-refractivity contribution in [2.75, 3.05) is 26.9 Å². The first-order chi connectivity index (χ1) is 17.8. The number of fused-ring (bicyclic) bond motifs is 1. The molecule has 1 saturated carbocycles. The fourth-order valence-corrected chi connectivity index (χ4v) is 9.10. The molecule has 2 N–H and O–H groups in total. The monoisotopic (exact) mass is 504 g/mol. The van der Waals surface area contributed by atoms with Crippen LogP contribution in [0.5, 0.6) is 11.5 Å². The Balaban J connectivity index is 1.39. The van der Waals surface area contributed by atoms with Gasteiger partial charge in [-0.25, -0.2) is 4.39 Å². The third-order valence-corrected chi connectivity index (χ3v) is 10.7. The third kappa shape index (κ3) is 2.84. The number of halogens is 1. The van der Waals surface area contributed by atoms with Gasteiger partial charge in [0.1, 0.15) is 18.4 Å². The summed E-state index contributed by atoms with van der Waals surface area (Å²) in [5.74, 6) is 0.434. The van der Waals surface area contributed by atoms with E-state index >= 15 is 0 Å². The van der Waals surface area contributed by atoms with Gasteiger partial charge in [0.2, 0.25) is 0 Å². The molecule has 1 saturated heterocycles. The van der Waals surface area contributed by atoms with E-state index in [1.54, 1.807) is 6.07 Å². The van der Waals surface area contributed by atoms with Gasteiger partial charge in [-0.1, -0.05) is 48.6 Å². The van der Waals surface area contributed by atoms with Crippen LogP contribution in [0.2, 0.25) is 0 Å². The van der Waals surface area contributed by atoms with Crippen molar-refractivity contribution in [2.45, 2.75) is 67.8 Å². The Kier molecular flexibility index (Phi) is 5.00. The van der Waals surface area contributed by atoms with Crippen LogP contribution in [0, 0.1) is 11.3 Å². The molecule has 6 aliphatic rings. The van der Waals surface area contributed by atoms with E-state index in [2.05, 4.69) is 42.3 Å². The first-order valence-electron chi connectivity index (χ1n) is 13.7. The first-order valence-corrected chi connectivity index (χ1v) is 13.7. The minimum absolute atomic E-state index is 0.0585. The number of benzene rings is 2. The number of likely N-dealkylation sites (tertiary alicyclic amines) is 1. The topological polar surface area (TPSA) is 62.2 Å². The fraction of sp³-hybridized carbons (Fsp3) is 0.548. The van der Waals surface area contributed by atoms with Crippen molar-refractivity contribution in [2.24, 2.45) is 11.3 Å². The third-order valence-electron chi connectivity index (χ3n) is 10.7. The van der Waals surface area contributed by atoms with Crippen LogP contribution < -0.4 is 4.74 Å². The largest absolute Gasteiger partial charge is 0.504 e. The Morgan fingerprint density at radius 1 is 1.19 bits per heavy atom. The van der Waals surface area contributed by atoms with E-state index in [9.17, 15) is 14.6 Å². The molecule has 0 aromatic heterocycles. The average Bonchev–Trinajstić information content (AvgIpc) is 3.28. The van der Waals surface area contributed by atoms with Gasteiger partial charge in [0.05, 0.1) is 17.6 Å². The molecular formula is C31H36FNO4. The van der Waals surface area contributed by atoms with Gasteiger partial charge in [-0.15, -0.1) is 0 Å². The Hall–Kier alpha value is -2.41. The molecule has 196 valence electrons. The molecule has 2 spiro atoms. The van der Waals surface area contributed by atoms with E-state index in [4.69, 9.17) is 9.47 Å². The SMILES string of the molecule is CN1CC[C@]23c4c5ccc(O)c4O[C@H]2[C@]2(OCC[18F])C=C[C@@]3(C[C@@H]2[C@@](C)(O)CCc2ccccc2)[C@H]1C5. The molecule has 8 rings (SSSR count). The number of piperidine rings is 1. The predicted octanol–water partition coefficient (Wildman–Crippen LogP) is 4.34. The minimum atomic E-state index is -1.07. The smallest absolute Gasteiger partial charge is 0.165 e. The molecule has 37 heavy (non-hydrogen) atoms. The average molecular weight is 505 g/mol. The number of aryl methyl sites for hydroxylation is 1. The maximum absolute atomic E-state index is 13.7. The highest BCUT2D eigenvalue weighted by Gasteiger charge is 2.80. The van der Waals surface area contributed by atoms with E-state index in [1.807, 2.05) is 25.1 Å². The Labute approximate surface area is 217 Å². The van der Waals surface area contributed by atoms with Crippen molar-refractivity contribution in [1.29, 1.82) is 0 Å². The van der Waals surface area contributed by atoms with Gasteiger partial charge < -0.3 is 24.6 Å². The summed E-state index contributed by atoms with van der Waals surface area (Å²) in [6, 6.07) is 14.3. The highest BCUT2D eigenvalue weighted by Crippen LogP contribution is 2.75. The lowest BCUT2D eigenvalue weighted by Crippen LogP contribution is -2.80. The van der Waals surface area contributed by atoms with Gasteiger partial charge in [-0.3, -0.25) is 0 Å². The van der Waals surface area contributed by atoms with Crippen LogP contribution in [-0.2, 0) is 23.0 Å². The summed E-state index contributed by atoms with van der Waals surface area (Å²) in [5.41, 5.74) is 0.837. The van der Waals surface area contributed by atoms with Crippen molar-refractivity contribution in [3.8, 4) is 11.5 Å². The van der Waals surface area contributed by atoms with E-state index in [-0.39, 0.29) is 35.1 Å². The highest BCUT2D eigenvalue weighted by molar-refractivity contribution is 5.65. The molecular weight excluding hydrogens is 468 g/mol. The number of aliphatic hydroxyl groups is 1. The van der Waals surface area contributed by atoms with Crippen LogP contribution in [0.1, 0.15) is 42.9 Å². The summed E-state index contributed by atoms with van der Waals surface area (Å²) in [6.07, 6.45) is 7.80. The van der Waals surface area contributed by atoms with Crippen molar-refractivity contribution in [1.82, 2.24) is 4.90 Å². The molecule has 0 unspecified atom stereocenters. The molecule has 2 aliphatic heterocycles. The first kappa shape index (κ1) is 23.7. The Morgan fingerprint density at radius 2 is 2.00 bits per heavy atom. The lowest BCUT2D eigenvalue weighted by molar-refractivity contribution is -0.255. The molecule has 0 amide bonds. The molecule has 4 bridgehead atoms. The number of ether oxygens (including phenoxy) is 2. The molecule has 0 radical (unpaired) electrons. The summed E-state index contributed by atoms with van der Waals surface area (Å²) >= 11 is 0. The number of hydrogen-bond donors (Lipinski definition) is 2. The molecule has 2 aromatic carbocycles. The van der Waals surface area contributed by atoms with E-state index in [1.165, 1.54) is 11.1 Å². The zero-order chi connectivity index (χ0) is 25.6. The molecule has 2 aromatic rings. The van der Waals surface area contributed by atoms with Gasteiger partial charge in [-0.05, 0) is 69.8 Å². The van der Waals surface area contributed by atoms with Crippen LogP contribution in [-0.4, -0.2) is 65.3 Å². The lowest BCUT2D eigenvalue weighted by Gasteiger charge is -2.72. The molecule has 6 heteroatoms. The number of alkyl halides is 1. The fourth-order valence-electron chi connectivity index (χ4n) is 9.10. The number of rotatable bonds is 7. The van der Waals surface area contributed by atoms with Gasteiger partial charge >= 0.3 is 0 Å². The normalized spacial score (nSPS) is 38.2. The molecule has 7 atom stereocenters. The van der Waals surface area contributed by atoms with Crippen LogP contribution in [0.25, 0.3) is 0 Å². The lowest BCUT2D eigenvalue weighted by atomic mass is 9.36. The zero-order valence-corrected chi connectivity index (χ0v) is 21.6. The number of hydrogen-bond acceptors (Lipinski definition) is 5. The maximum Gasteiger partial charge on any atom is 0.165 e. The van der Waals surface area contributed by atoms with Gasteiger partial charge in [0.15, 0.2) is 11.5 Å². The van der Waals surface area contributed by atoms with Crippen molar-refractivity contribution in [3.05, 3.63) is 71.3 Å². The summed E-state index contributed by atoms with van der Waals surface area (Å²) < 4.78 is 27.0. The van der Waals surface area contributed by atoms with Crippen LogP contribution in [0.3, 0.4) is 0 Å². The number of phenolic OH excluding ortho intramolecular Hbond substituents is 1. The van der Waals surface area contributed by atoms with E-state index in [0.717, 1.165) is 37.8 Å². The minimum Gasteiger partial charge on any atom is -0.504 e. The van der Waals surface area contributed by atoms with Crippen LogP contribution >= 0.6 is 0 Å². The number of aromatic hydroxyl groups is 1. The van der Waals surface area contributed by atoms with Crippen LogP contribution in [0.15, 0.2) is 54.6 Å². The molecule has 2 fully saturated rings.